The summed E-state index contributed by atoms with van der Waals surface area (Å²) >= 11 is 0. The fourth-order valence-electron chi connectivity index (χ4n) is 2.57. The van der Waals surface area contributed by atoms with Crippen LogP contribution >= 0.6 is 0 Å². The van der Waals surface area contributed by atoms with Crippen molar-refractivity contribution in [1.82, 2.24) is 10.2 Å². The molecule has 0 bridgehead atoms. The highest BCUT2D eigenvalue weighted by Crippen LogP contribution is 2.30. The van der Waals surface area contributed by atoms with E-state index in [9.17, 15) is 18.4 Å². The summed E-state index contributed by atoms with van der Waals surface area (Å²) in [6.45, 7) is -1.47. The molecule has 1 N–H and O–H groups in total. The molecule has 3 amide bonds. The number of imide groups is 1. The first-order valence-electron chi connectivity index (χ1n) is 7.12. The van der Waals surface area contributed by atoms with Crippen LogP contribution in [0.2, 0.25) is 0 Å². The van der Waals surface area contributed by atoms with Gasteiger partial charge in [0.15, 0.2) is 5.54 Å². The number of carbonyl (C=O) groups excluding carboxylic acids is 2. The van der Waals surface area contributed by atoms with Crippen LogP contribution in [0, 0.1) is 0 Å². The van der Waals surface area contributed by atoms with Gasteiger partial charge in [0, 0.05) is 0 Å². The van der Waals surface area contributed by atoms with Gasteiger partial charge in [0.2, 0.25) is 0 Å². The van der Waals surface area contributed by atoms with Gasteiger partial charge < -0.3 is 14.5 Å². The van der Waals surface area contributed by atoms with Gasteiger partial charge in [-0.15, -0.1) is 0 Å². The van der Waals surface area contributed by atoms with Crippen LogP contribution in [-0.2, 0) is 16.9 Å². The molecule has 1 aliphatic heterocycles. The van der Waals surface area contributed by atoms with Gasteiger partial charge in [0.25, 0.3) is 5.91 Å². The Morgan fingerprint density at radius 2 is 2.08 bits per heavy atom. The van der Waals surface area contributed by atoms with Crippen molar-refractivity contribution in [1.29, 1.82) is 0 Å². The monoisotopic (exact) mass is 336 g/mol. The van der Waals surface area contributed by atoms with Crippen molar-refractivity contribution < 1.29 is 27.5 Å². The van der Waals surface area contributed by atoms with E-state index >= 15 is 0 Å². The predicted molar refractivity (Wildman–Crippen MR) is 78.2 cm³/mol. The number of alkyl halides is 2. The first kappa shape index (κ1) is 16.0. The third kappa shape index (κ3) is 2.82. The number of hydrogen-bond donors (Lipinski definition) is 1. The van der Waals surface area contributed by atoms with E-state index in [2.05, 4.69) is 10.1 Å². The Bertz CT molecular complexity index is 763. The highest BCUT2D eigenvalue weighted by Gasteiger charge is 2.50. The summed E-state index contributed by atoms with van der Waals surface area (Å²) in [6, 6.07) is 8.48. The molecule has 6 nitrogen and oxygen atoms in total. The number of halogens is 2. The van der Waals surface area contributed by atoms with Crippen molar-refractivity contribution in [2.24, 2.45) is 0 Å². The molecule has 1 atom stereocenters. The molecule has 2 aromatic rings. The zero-order valence-electron chi connectivity index (χ0n) is 12.7. The predicted octanol–water partition coefficient (Wildman–Crippen LogP) is 2.85. The average molecular weight is 336 g/mol. The second-order valence-electron chi connectivity index (χ2n) is 5.45. The second kappa shape index (κ2) is 5.95. The van der Waals surface area contributed by atoms with Crippen LogP contribution in [0.4, 0.5) is 13.6 Å². The Hall–Kier alpha value is -2.90. The summed E-state index contributed by atoms with van der Waals surface area (Å²) in [5.74, 6) is -0.205. The number of hydrogen-bond acceptors (Lipinski definition) is 4. The molecule has 3 rings (SSSR count). The van der Waals surface area contributed by atoms with Crippen molar-refractivity contribution in [3.05, 3.63) is 54.0 Å². The summed E-state index contributed by atoms with van der Waals surface area (Å²) in [4.78, 5) is 25.8. The van der Waals surface area contributed by atoms with Crippen LogP contribution in [0.5, 0.6) is 5.75 Å². The number of amides is 3. The lowest BCUT2D eigenvalue weighted by atomic mass is 9.99. The summed E-state index contributed by atoms with van der Waals surface area (Å²) in [5.41, 5.74) is -0.808. The van der Waals surface area contributed by atoms with Gasteiger partial charge in [-0.05, 0) is 36.8 Å². The van der Waals surface area contributed by atoms with Gasteiger partial charge in [-0.2, -0.15) is 8.78 Å². The van der Waals surface area contributed by atoms with Gasteiger partial charge >= 0.3 is 12.6 Å². The molecule has 0 aliphatic carbocycles. The zero-order chi connectivity index (χ0) is 17.3. The highest BCUT2D eigenvalue weighted by molar-refractivity contribution is 6.06. The number of rotatable bonds is 5. The maximum Gasteiger partial charge on any atom is 0.387 e. The molecule has 1 aromatic carbocycles. The normalized spacial score (nSPS) is 20.6. The average Bonchev–Trinajstić information content (AvgIpc) is 3.12. The van der Waals surface area contributed by atoms with Crippen LogP contribution in [0.15, 0.2) is 47.1 Å². The lowest BCUT2D eigenvalue weighted by Crippen LogP contribution is -2.40. The van der Waals surface area contributed by atoms with Crippen LogP contribution in [0.1, 0.15) is 18.2 Å². The lowest BCUT2D eigenvalue weighted by molar-refractivity contribution is -0.132. The van der Waals surface area contributed by atoms with Crippen LogP contribution in [-0.4, -0.2) is 23.4 Å². The van der Waals surface area contributed by atoms with Crippen molar-refractivity contribution in [2.45, 2.75) is 25.6 Å². The number of benzene rings is 1. The minimum absolute atomic E-state index is 0.0386. The molecule has 0 saturated carbocycles. The van der Waals surface area contributed by atoms with E-state index in [1.807, 2.05) is 0 Å². The van der Waals surface area contributed by atoms with Crippen LogP contribution in [0.25, 0.3) is 0 Å². The summed E-state index contributed by atoms with van der Waals surface area (Å²) in [6.07, 6.45) is 1.41. The Kier molecular flexibility index (Phi) is 3.96. The Morgan fingerprint density at radius 3 is 2.75 bits per heavy atom. The maximum atomic E-state index is 12.6. The van der Waals surface area contributed by atoms with E-state index in [4.69, 9.17) is 4.42 Å². The first-order valence-corrected chi connectivity index (χ1v) is 7.12. The molecule has 1 aliphatic rings. The lowest BCUT2D eigenvalue weighted by Gasteiger charge is -2.19. The van der Waals surface area contributed by atoms with Gasteiger partial charge in [0.1, 0.15) is 11.5 Å². The molecule has 24 heavy (non-hydrogen) atoms. The smallest absolute Gasteiger partial charge is 0.387 e. The number of nitrogens with one attached hydrogen (secondary N) is 1. The van der Waals surface area contributed by atoms with E-state index in [0.29, 0.717) is 11.3 Å². The number of nitrogens with zero attached hydrogens (tertiary/aromatic N) is 1. The molecule has 1 fully saturated rings. The van der Waals surface area contributed by atoms with Crippen molar-refractivity contribution in [2.75, 3.05) is 0 Å². The summed E-state index contributed by atoms with van der Waals surface area (Å²) < 4.78 is 34.1. The van der Waals surface area contributed by atoms with Crippen LogP contribution < -0.4 is 10.1 Å². The topological polar surface area (TPSA) is 71.8 Å². The first-order chi connectivity index (χ1) is 11.4. The van der Waals surface area contributed by atoms with Gasteiger partial charge in [-0.25, -0.2) is 4.79 Å². The van der Waals surface area contributed by atoms with Gasteiger partial charge in [-0.1, -0.05) is 12.1 Å². The fraction of sp³-hybridized carbons (Fsp3) is 0.250. The molecule has 1 aromatic heterocycles. The number of furan rings is 1. The molecule has 1 unspecified atom stereocenters. The molecule has 0 spiro atoms. The van der Waals surface area contributed by atoms with E-state index in [1.54, 1.807) is 25.1 Å². The Morgan fingerprint density at radius 1 is 1.29 bits per heavy atom. The van der Waals surface area contributed by atoms with E-state index in [0.717, 1.165) is 4.90 Å². The quantitative estimate of drug-likeness (QED) is 0.852. The largest absolute Gasteiger partial charge is 0.466 e. The third-order valence-electron chi connectivity index (χ3n) is 3.75. The molecule has 1 saturated heterocycles. The zero-order valence-corrected chi connectivity index (χ0v) is 12.7. The van der Waals surface area contributed by atoms with Crippen molar-refractivity contribution in [3.63, 3.8) is 0 Å². The maximum absolute atomic E-state index is 12.6. The molecular formula is C16H14F2N2O4. The van der Waals surface area contributed by atoms with Crippen LogP contribution in [0.3, 0.4) is 0 Å². The fourth-order valence-corrected chi connectivity index (χ4v) is 2.57. The number of carbonyl (C=O) groups is 2. The summed E-state index contributed by atoms with van der Waals surface area (Å²) in [5, 5.41) is 2.59. The van der Waals surface area contributed by atoms with E-state index in [-0.39, 0.29) is 12.3 Å². The Balaban J connectivity index is 1.81. The molecule has 2 heterocycles. The number of urea groups is 1. The minimum atomic E-state index is -2.95. The van der Waals surface area contributed by atoms with E-state index in [1.165, 1.54) is 24.5 Å². The third-order valence-corrected chi connectivity index (χ3v) is 3.75. The Labute approximate surface area is 136 Å². The molecular weight excluding hydrogens is 322 g/mol. The van der Waals surface area contributed by atoms with Gasteiger partial charge in [-0.3, -0.25) is 9.69 Å². The number of ether oxygens (including phenoxy) is 1. The molecule has 0 radical (unpaired) electrons. The summed E-state index contributed by atoms with van der Waals surface area (Å²) in [7, 11) is 0. The second-order valence-corrected chi connectivity index (χ2v) is 5.45. The van der Waals surface area contributed by atoms with Crippen molar-refractivity contribution >= 4 is 11.9 Å². The molecule has 126 valence electrons. The van der Waals surface area contributed by atoms with E-state index < -0.39 is 24.1 Å². The van der Waals surface area contributed by atoms with Crippen molar-refractivity contribution in [3.8, 4) is 5.75 Å². The standard InChI is InChI=1S/C16H14F2N2O4/c1-16(12-6-3-7-23-12)13(21)20(15(22)19-16)9-10-4-2-5-11(8-10)24-14(17)18/h2-8,14H,9H2,1H3,(H,19,22). The SMILES string of the molecule is CC1(c2ccco2)NC(=O)N(Cc2cccc(OC(F)F)c2)C1=O. The van der Waals surface area contributed by atoms with Gasteiger partial charge in [0.05, 0.1) is 12.8 Å². The molecule has 8 heteroatoms. The highest BCUT2D eigenvalue weighted by atomic mass is 19.3. The minimum Gasteiger partial charge on any atom is -0.466 e.